The van der Waals surface area contributed by atoms with E-state index in [4.69, 9.17) is 5.73 Å². The van der Waals surface area contributed by atoms with Crippen LogP contribution in [0.15, 0.2) is 0 Å². The zero-order valence-corrected chi connectivity index (χ0v) is 12.6. The molecule has 110 valence electrons. The first-order valence-electron chi connectivity index (χ1n) is 6.90. The summed E-state index contributed by atoms with van der Waals surface area (Å²) in [5, 5.41) is 5.60. The maximum absolute atomic E-state index is 12.2. The number of amides is 3. The van der Waals surface area contributed by atoms with Gasteiger partial charge in [-0.25, -0.2) is 4.79 Å². The number of hydrogen-bond acceptors (Lipinski definition) is 3. The van der Waals surface area contributed by atoms with Crippen molar-refractivity contribution in [2.45, 2.75) is 51.1 Å². The van der Waals surface area contributed by atoms with Crippen LogP contribution in [-0.4, -0.2) is 36.0 Å². The summed E-state index contributed by atoms with van der Waals surface area (Å²) in [5.41, 5.74) is 5.13. The van der Waals surface area contributed by atoms with E-state index in [-0.39, 0.29) is 11.9 Å². The summed E-state index contributed by atoms with van der Waals surface area (Å²) in [6.45, 7) is 2.17. The van der Waals surface area contributed by atoms with Crippen molar-refractivity contribution in [3.63, 3.8) is 0 Å². The molecule has 1 rings (SSSR count). The molecule has 0 radical (unpaired) electrons. The molecule has 1 saturated carbocycles. The number of rotatable bonds is 6. The van der Waals surface area contributed by atoms with E-state index in [1.165, 1.54) is 6.42 Å². The van der Waals surface area contributed by atoms with Crippen LogP contribution in [0.2, 0.25) is 0 Å². The van der Waals surface area contributed by atoms with E-state index in [0.29, 0.717) is 12.3 Å². The molecule has 0 aromatic heterocycles. The Morgan fingerprint density at radius 2 is 2.05 bits per heavy atom. The first-order chi connectivity index (χ1) is 9.04. The lowest BCUT2D eigenvalue weighted by molar-refractivity contribution is -0.124. The van der Waals surface area contributed by atoms with Gasteiger partial charge in [0.05, 0.1) is 0 Å². The molecule has 0 heterocycles. The van der Waals surface area contributed by atoms with Crippen LogP contribution in [-0.2, 0) is 4.79 Å². The molecule has 0 bridgehead atoms. The summed E-state index contributed by atoms with van der Waals surface area (Å²) in [5.74, 6) is 1.22. The van der Waals surface area contributed by atoms with E-state index >= 15 is 0 Å². The zero-order valence-electron chi connectivity index (χ0n) is 11.8. The van der Waals surface area contributed by atoms with E-state index in [0.717, 1.165) is 25.0 Å². The fourth-order valence-corrected chi connectivity index (χ4v) is 2.96. The fourth-order valence-electron chi connectivity index (χ4n) is 2.49. The van der Waals surface area contributed by atoms with Gasteiger partial charge in [-0.2, -0.15) is 11.8 Å². The third-order valence-corrected chi connectivity index (χ3v) is 4.33. The average molecular weight is 287 g/mol. The molecule has 1 fully saturated rings. The summed E-state index contributed by atoms with van der Waals surface area (Å²) in [6, 6.07) is -0.926. The van der Waals surface area contributed by atoms with Crippen LogP contribution in [0.25, 0.3) is 0 Å². The zero-order chi connectivity index (χ0) is 14.3. The van der Waals surface area contributed by atoms with Gasteiger partial charge in [-0.1, -0.05) is 19.8 Å². The maximum atomic E-state index is 12.2. The van der Waals surface area contributed by atoms with Crippen molar-refractivity contribution in [3.05, 3.63) is 0 Å². The molecule has 0 aromatic rings. The third-order valence-electron chi connectivity index (χ3n) is 3.68. The molecule has 0 aromatic carbocycles. The highest BCUT2D eigenvalue weighted by molar-refractivity contribution is 7.98. The second kappa shape index (κ2) is 8.30. The van der Waals surface area contributed by atoms with Crippen LogP contribution in [0.4, 0.5) is 4.79 Å². The lowest BCUT2D eigenvalue weighted by Crippen LogP contribution is -2.52. The van der Waals surface area contributed by atoms with Crippen molar-refractivity contribution in [3.8, 4) is 0 Å². The van der Waals surface area contributed by atoms with Crippen LogP contribution >= 0.6 is 11.8 Å². The van der Waals surface area contributed by atoms with Gasteiger partial charge in [0.15, 0.2) is 0 Å². The standard InChI is InChI=1S/C13H25N3O2S/c1-9-5-3-4-6-10(9)15-12(17)11(7-8-19-2)16-13(14)18/h9-11H,3-8H2,1-2H3,(H,15,17)(H3,14,16,18). The van der Waals surface area contributed by atoms with Crippen molar-refractivity contribution in [2.75, 3.05) is 12.0 Å². The van der Waals surface area contributed by atoms with Gasteiger partial charge in [-0.3, -0.25) is 4.79 Å². The van der Waals surface area contributed by atoms with Gasteiger partial charge in [-0.05, 0) is 37.2 Å². The molecule has 5 nitrogen and oxygen atoms in total. The summed E-state index contributed by atoms with van der Waals surface area (Å²) in [6.07, 6.45) is 7.17. The van der Waals surface area contributed by atoms with Gasteiger partial charge in [0.1, 0.15) is 6.04 Å². The Hall–Kier alpha value is -0.910. The van der Waals surface area contributed by atoms with Crippen molar-refractivity contribution in [2.24, 2.45) is 11.7 Å². The predicted octanol–water partition coefficient (Wildman–Crippen LogP) is 1.47. The number of nitrogens with two attached hydrogens (primary N) is 1. The highest BCUT2D eigenvalue weighted by Gasteiger charge is 2.26. The number of primary amides is 1. The molecule has 1 aliphatic rings. The fraction of sp³-hybridized carbons (Fsp3) is 0.846. The monoisotopic (exact) mass is 287 g/mol. The molecule has 0 aliphatic heterocycles. The number of hydrogen-bond donors (Lipinski definition) is 3. The first-order valence-corrected chi connectivity index (χ1v) is 8.29. The van der Waals surface area contributed by atoms with Crippen molar-refractivity contribution >= 4 is 23.7 Å². The quantitative estimate of drug-likeness (QED) is 0.691. The van der Waals surface area contributed by atoms with Gasteiger partial charge in [0.25, 0.3) is 0 Å². The third kappa shape index (κ3) is 5.72. The maximum Gasteiger partial charge on any atom is 0.312 e. The van der Waals surface area contributed by atoms with E-state index in [2.05, 4.69) is 17.6 Å². The van der Waals surface area contributed by atoms with Gasteiger partial charge >= 0.3 is 6.03 Å². The molecular formula is C13H25N3O2S. The highest BCUT2D eigenvalue weighted by atomic mass is 32.2. The Morgan fingerprint density at radius 3 is 2.63 bits per heavy atom. The molecule has 19 heavy (non-hydrogen) atoms. The summed E-state index contributed by atoms with van der Waals surface area (Å²) in [7, 11) is 0. The molecule has 4 N–H and O–H groups in total. The molecule has 3 unspecified atom stereocenters. The van der Waals surface area contributed by atoms with Crippen molar-refractivity contribution < 1.29 is 9.59 Å². The molecule has 3 amide bonds. The number of nitrogens with one attached hydrogen (secondary N) is 2. The van der Waals surface area contributed by atoms with E-state index in [9.17, 15) is 9.59 Å². The van der Waals surface area contributed by atoms with E-state index < -0.39 is 12.1 Å². The predicted molar refractivity (Wildman–Crippen MR) is 79.1 cm³/mol. The second-order valence-corrected chi connectivity index (χ2v) is 6.21. The first kappa shape index (κ1) is 16.1. The number of thioether (sulfide) groups is 1. The summed E-state index contributed by atoms with van der Waals surface area (Å²) >= 11 is 1.65. The van der Waals surface area contributed by atoms with E-state index in [1.54, 1.807) is 11.8 Å². The Labute approximate surface area is 119 Å². The number of carbonyl (C=O) groups excluding carboxylic acids is 2. The van der Waals surface area contributed by atoms with Crippen molar-refractivity contribution in [1.82, 2.24) is 10.6 Å². The van der Waals surface area contributed by atoms with Crippen LogP contribution < -0.4 is 16.4 Å². The number of carbonyl (C=O) groups is 2. The SMILES string of the molecule is CSCCC(NC(N)=O)C(=O)NC1CCCCC1C. The van der Waals surface area contributed by atoms with Crippen LogP contribution in [0.1, 0.15) is 39.0 Å². The Bertz CT molecular complexity index is 312. The topological polar surface area (TPSA) is 84.2 Å². The van der Waals surface area contributed by atoms with E-state index in [1.807, 2.05) is 6.26 Å². The second-order valence-electron chi connectivity index (χ2n) is 5.22. The molecule has 6 heteroatoms. The lowest BCUT2D eigenvalue weighted by Gasteiger charge is -2.31. The molecular weight excluding hydrogens is 262 g/mol. The Balaban J connectivity index is 2.51. The molecule has 1 aliphatic carbocycles. The Morgan fingerprint density at radius 1 is 1.37 bits per heavy atom. The minimum absolute atomic E-state index is 0.105. The summed E-state index contributed by atoms with van der Waals surface area (Å²) < 4.78 is 0. The lowest BCUT2D eigenvalue weighted by atomic mass is 9.86. The largest absolute Gasteiger partial charge is 0.352 e. The number of urea groups is 1. The van der Waals surface area contributed by atoms with Crippen LogP contribution in [0, 0.1) is 5.92 Å². The van der Waals surface area contributed by atoms with Gasteiger partial charge < -0.3 is 16.4 Å². The average Bonchev–Trinajstić information content (AvgIpc) is 2.36. The van der Waals surface area contributed by atoms with Crippen molar-refractivity contribution in [1.29, 1.82) is 0 Å². The smallest absolute Gasteiger partial charge is 0.312 e. The molecule has 0 spiro atoms. The molecule has 3 atom stereocenters. The van der Waals surface area contributed by atoms with Gasteiger partial charge in [-0.15, -0.1) is 0 Å². The Kier molecular flexibility index (Phi) is 7.05. The minimum atomic E-state index is -0.641. The van der Waals surface area contributed by atoms with Crippen LogP contribution in [0.5, 0.6) is 0 Å². The van der Waals surface area contributed by atoms with Gasteiger partial charge in [0, 0.05) is 6.04 Å². The van der Waals surface area contributed by atoms with Gasteiger partial charge in [0.2, 0.25) is 5.91 Å². The normalized spacial score (nSPS) is 24.5. The molecule has 0 saturated heterocycles. The summed E-state index contributed by atoms with van der Waals surface area (Å²) in [4.78, 5) is 23.2. The highest BCUT2D eigenvalue weighted by Crippen LogP contribution is 2.23. The van der Waals surface area contributed by atoms with Crippen LogP contribution in [0.3, 0.4) is 0 Å². The minimum Gasteiger partial charge on any atom is -0.352 e.